The van der Waals surface area contributed by atoms with E-state index in [-0.39, 0.29) is 0 Å². The summed E-state index contributed by atoms with van der Waals surface area (Å²) in [5, 5.41) is 3.03. The van der Waals surface area contributed by atoms with Crippen LogP contribution in [0.5, 0.6) is 0 Å². The normalized spacial score (nSPS) is 11.2. The topological polar surface area (TPSA) is 12.9 Å². The molecule has 3 rings (SSSR count). The molecule has 0 fully saturated rings. The molecule has 3 aromatic rings. The monoisotopic (exact) mass is 378 g/mol. The van der Waals surface area contributed by atoms with Gasteiger partial charge in [0.1, 0.15) is 0 Å². The highest BCUT2D eigenvalue weighted by atomic mass is 35.5. The number of aromatic nitrogens is 1. The number of nitrogens with zero attached hydrogens (tertiary/aromatic N) is 1. The van der Waals surface area contributed by atoms with Gasteiger partial charge < -0.3 is 0 Å². The Labute approximate surface area is 154 Å². The predicted molar refractivity (Wildman–Crippen MR) is 101 cm³/mol. The van der Waals surface area contributed by atoms with E-state index < -0.39 is 0 Å². The second kappa shape index (κ2) is 7.27. The summed E-state index contributed by atoms with van der Waals surface area (Å²) in [4.78, 5) is 6.34. The molecule has 1 heterocycles. The first kappa shape index (κ1) is 16.8. The number of benzene rings is 2. The quantitative estimate of drug-likeness (QED) is 0.476. The molecule has 0 bridgehead atoms. The standard InChI is InChI=1S/C18H14Cl2NS2/c1-11(2)12-5-3-4-6-15(12)23-16-8-7-13(17(19)18(16)20)14-9-22-10-21-14/h3-9,11H,1-2H3. The van der Waals surface area contributed by atoms with Gasteiger partial charge in [-0.15, -0.1) is 11.3 Å². The minimum Gasteiger partial charge on any atom is -0.233 e. The number of thiazole rings is 1. The Morgan fingerprint density at radius 2 is 1.83 bits per heavy atom. The van der Waals surface area contributed by atoms with Crippen LogP contribution in [0.15, 0.2) is 51.6 Å². The minimum atomic E-state index is 0.456. The highest BCUT2D eigenvalue weighted by Gasteiger charge is 2.15. The van der Waals surface area contributed by atoms with Crippen molar-refractivity contribution in [1.29, 1.82) is 0 Å². The third kappa shape index (κ3) is 3.58. The summed E-state index contributed by atoms with van der Waals surface area (Å²) in [6.45, 7) is 4.38. The van der Waals surface area contributed by atoms with Crippen LogP contribution < -0.4 is 0 Å². The smallest absolute Gasteiger partial charge is 0.152 e. The van der Waals surface area contributed by atoms with Crippen LogP contribution >= 0.6 is 46.3 Å². The summed E-state index contributed by atoms with van der Waals surface area (Å²) in [6, 6.07) is 12.4. The van der Waals surface area contributed by atoms with Gasteiger partial charge in [-0.25, -0.2) is 4.98 Å². The molecule has 0 saturated heterocycles. The SMILES string of the molecule is CC(C)c1ccccc1Sc1ccc(-c2cs[c]n2)c(Cl)c1Cl. The molecule has 0 saturated carbocycles. The molecule has 0 aliphatic heterocycles. The summed E-state index contributed by atoms with van der Waals surface area (Å²) in [5.74, 6) is 0.456. The lowest BCUT2D eigenvalue weighted by molar-refractivity contribution is 0.842. The third-order valence-electron chi connectivity index (χ3n) is 3.47. The van der Waals surface area contributed by atoms with Gasteiger partial charge in [-0.1, -0.05) is 73.1 Å². The molecule has 0 N–H and O–H groups in total. The molecule has 1 radical (unpaired) electrons. The summed E-state index contributed by atoms with van der Waals surface area (Å²) >= 11 is 16.0. The van der Waals surface area contributed by atoms with Gasteiger partial charge in [0.2, 0.25) is 0 Å². The van der Waals surface area contributed by atoms with Crippen LogP contribution in [0.1, 0.15) is 25.3 Å². The van der Waals surface area contributed by atoms with Gasteiger partial charge in [0.05, 0.1) is 15.7 Å². The molecule has 0 amide bonds. The third-order valence-corrected chi connectivity index (χ3v) is 6.16. The van der Waals surface area contributed by atoms with Crippen molar-refractivity contribution in [2.24, 2.45) is 0 Å². The van der Waals surface area contributed by atoms with Crippen molar-refractivity contribution in [1.82, 2.24) is 4.98 Å². The van der Waals surface area contributed by atoms with Crippen LogP contribution in [-0.2, 0) is 0 Å². The van der Waals surface area contributed by atoms with Gasteiger partial charge in [-0.2, -0.15) is 0 Å². The van der Waals surface area contributed by atoms with E-state index in [1.807, 2.05) is 23.6 Å². The van der Waals surface area contributed by atoms with E-state index in [1.54, 1.807) is 11.8 Å². The average molecular weight is 379 g/mol. The lowest BCUT2D eigenvalue weighted by Gasteiger charge is -2.14. The fourth-order valence-corrected chi connectivity index (χ4v) is 4.51. The molecule has 2 aromatic carbocycles. The first-order chi connectivity index (χ1) is 11.1. The van der Waals surface area contributed by atoms with E-state index >= 15 is 0 Å². The average Bonchev–Trinajstić information content (AvgIpc) is 3.06. The molecule has 0 unspecified atom stereocenters. The van der Waals surface area contributed by atoms with Gasteiger partial charge in [-0.05, 0) is 23.6 Å². The van der Waals surface area contributed by atoms with E-state index in [1.165, 1.54) is 21.8 Å². The molecule has 5 heteroatoms. The highest BCUT2D eigenvalue weighted by Crippen LogP contribution is 2.43. The molecular weight excluding hydrogens is 365 g/mol. The van der Waals surface area contributed by atoms with Crippen LogP contribution in [0.4, 0.5) is 0 Å². The van der Waals surface area contributed by atoms with Crippen molar-refractivity contribution < 1.29 is 0 Å². The van der Waals surface area contributed by atoms with Crippen LogP contribution in [-0.4, -0.2) is 4.98 Å². The Morgan fingerprint density at radius 3 is 2.52 bits per heavy atom. The zero-order valence-electron chi connectivity index (χ0n) is 12.6. The maximum Gasteiger partial charge on any atom is 0.152 e. The zero-order valence-corrected chi connectivity index (χ0v) is 15.8. The van der Waals surface area contributed by atoms with Crippen molar-refractivity contribution in [2.75, 3.05) is 0 Å². The van der Waals surface area contributed by atoms with E-state index in [0.717, 1.165) is 16.2 Å². The molecule has 117 valence electrons. The first-order valence-corrected chi connectivity index (χ1v) is 9.60. The minimum absolute atomic E-state index is 0.456. The van der Waals surface area contributed by atoms with Gasteiger partial charge in [0.25, 0.3) is 0 Å². The lowest BCUT2D eigenvalue weighted by atomic mass is 10.0. The second-order valence-electron chi connectivity index (χ2n) is 5.36. The molecule has 0 atom stereocenters. The zero-order chi connectivity index (χ0) is 16.4. The van der Waals surface area contributed by atoms with Crippen molar-refractivity contribution in [2.45, 2.75) is 29.6 Å². The summed E-state index contributed by atoms with van der Waals surface area (Å²) in [5.41, 5.74) is 5.79. The number of rotatable bonds is 4. The maximum absolute atomic E-state index is 6.51. The number of hydrogen-bond donors (Lipinski definition) is 0. The van der Waals surface area contributed by atoms with Crippen molar-refractivity contribution in [3.05, 3.63) is 62.9 Å². The van der Waals surface area contributed by atoms with Gasteiger partial charge in [-0.3, -0.25) is 0 Å². The van der Waals surface area contributed by atoms with Crippen LogP contribution in [0.3, 0.4) is 0 Å². The van der Waals surface area contributed by atoms with Gasteiger partial charge in [0.15, 0.2) is 5.51 Å². The fourth-order valence-electron chi connectivity index (χ4n) is 2.29. The molecule has 0 aliphatic carbocycles. The molecule has 1 nitrogen and oxygen atoms in total. The van der Waals surface area contributed by atoms with Crippen molar-refractivity contribution >= 4 is 46.3 Å². The summed E-state index contributed by atoms with van der Waals surface area (Å²) in [7, 11) is 0. The van der Waals surface area contributed by atoms with Crippen molar-refractivity contribution in [3.63, 3.8) is 0 Å². The number of hydrogen-bond acceptors (Lipinski definition) is 3. The molecular formula is C18H14Cl2NS2. The number of halogens is 2. The maximum atomic E-state index is 6.51. The Balaban J connectivity index is 1.98. The Morgan fingerprint density at radius 1 is 1.04 bits per heavy atom. The largest absolute Gasteiger partial charge is 0.233 e. The Kier molecular flexibility index (Phi) is 5.32. The molecule has 23 heavy (non-hydrogen) atoms. The van der Waals surface area contributed by atoms with E-state index in [4.69, 9.17) is 23.2 Å². The predicted octanol–water partition coefficient (Wildman–Crippen LogP) is 7.19. The summed E-state index contributed by atoms with van der Waals surface area (Å²) < 4.78 is 0. The second-order valence-corrected chi connectivity index (χ2v) is 7.85. The van der Waals surface area contributed by atoms with Crippen LogP contribution in [0, 0.1) is 5.51 Å². The van der Waals surface area contributed by atoms with Crippen LogP contribution in [0.25, 0.3) is 11.3 Å². The van der Waals surface area contributed by atoms with E-state index in [9.17, 15) is 0 Å². The van der Waals surface area contributed by atoms with Gasteiger partial charge in [0, 0.05) is 20.7 Å². The fraction of sp³-hybridized carbons (Fsp3) is 0.167. The molecule has 0 spiro atoms. The first-order valence-electron chi connectivity index (χ1n) is 7.14. The van der Waals surface area contributed by atoms with Crippen molar-refractivity contribution in [3.8, 4) is 11.3 Å². The lowest BCUT2D eigenvalue weighted by Crippen LogP contribution is -1.91. The Hall–Kier alpha value is -1.00. The van der Waals surface area contributed by atoms with E-state index in [0.29, 0.717) is 16.0 Å². The van der Waals surface area contributed by atoms with Crippen LogP contribution in [0.2, 0.25) is 10.0 Å². The van der Waals surface area contributed by atoms with Gasteiger partial charge >= 0.3 is 0 Å². The Bertz CT molecular complexity index is 814. The van der Waals surface area contributed by atoms with E-state index in [2.05, 4.69) is 42.5 Å². The molecule has 0 aliphatic rings. The summed E-state index contributed by atoms with van der Waals surface area (Å²) in [6.07, 6.45) is 0. The highest BCUT2D eigenvalue weighted by molar-refractivity contribution is 7.99. The molecule has 1 aromatic heterocycles.